The number of methoxy groups -OCH3 is 2. The van der Waals surface area contributed by atoms with Crippen molar-refractivity contribution in [3.8, 4) is 0 Å². The molecular formula is C14H28O6. The average molecular weight is 292 g/mol. The van der Waals surface area contributed by atoms with Gasteiger partial charge in [0.05, 0.1) is 18.8 Å². The lowest BCUT2D eigenvalue weighted by atomic mass is 10.1. The molecule has 1 heterocycles. The van der Waals surface area contributed by atoms with Crippen LogP contribution in [0.3, 0.4) is 0 Å². The molecule has 0 aliphatic carbocycles. The highest BCUT2D eigenvalue weighted by atomic mass is 16.7. The molecule has 0 amide bonds. The van der Waals surface area contributed by atoms with Crippen molar-refractivity contribution in [1.29, 1.82) is 0 Å². The normalized spacial score (nSPS) is 24.3. The molecule has 0 aromatic rings. The highest BCUT2D eigenvalue weighted by Crippen LogP contribution is 2.28. The first-order chi connectivity index (χ1) is 9.15. The molecule has 6 heteroatoms. The van der Waals surface area contributed by atoms with Crippen molar-refractivity contribution < 1.29 is 28.8 Å². The van der Waals surface area contributed by atoms with Gasteiger partial charge in [0.25, 0.3) is 0 Å². The standard InChI is InChI=1S/C14H28O6/c1-13(2,15)19-10(8-12(16-5)17-6)7-11-9-18-14(3,4)20-11/h10-12,15H,7-9H2,1-6H3. The van der Waals surface area contributed by atoms with Crippen LogP contribution in [0.5, 0.6) is 0 Å². The van der Waals surface area contributed by atoms with E-state index in [0.29, 0.717) is 19.4 Å². The zero-order valence-electron chi connectivity index (χ0n) is 13.3. The van der Waals surface area contributed by atoms with E-state index in [2.05, 4.69) is 0 Å². The number of ether oxygens (including phenoxy) is 5. The Morgan fingerprint density at radius 1 is 1.30 bits per heavy atom. The SMILES string of the molecule is COC(CC(CC1COC(C)(C)O1)OC(C)(C)O)OC. The fourth-order valence-electron chi connectivity index (χ4n) is 2.28. The lowest BCUT2D eigenvalue weighted by molar-refractivity contribution is -0.230. The second-order valence-electron chi connectivity index (χ2n) is 6.01. The Hall–Kier alpha value is -0.240. The lowest BCUT2D eigenvalue weighted by Gasteiger charge is -2.30. The van der Waals surface area contributed by atoms with Crippen LogP contribution >= 0.6 is 0 Å². The second-order valence-corrected chi connectivity index (χ2v) is 6.01. The van der Waals surface area contributed by atoms with E-state index < -0.39 is 11.6 Å². The molecule has 20 heavy (non-hydrogen) atoms. The predicted molar refractivity (Wildman–Crippen MR) is 73.1 cm³/mol. The second kappa shape index (κ2) is 7.15. The quantitative estimate of drug-likeness (QED) is 0.686. The summed E-state index contributed by atoms with van der Waals surface area (Å²) in [7, 11) is 3.15. The number of hydrogen-bond acceptors (Lipinski definition) is 6. The van der Waals surface area contributed by atoms with E-state index in [-0.39, 0.29) is 18.5 Å². The number of hydrogen-bond donors (Lipinski definition) is 1. The van der Waals surface area contributed by atoms with Crippen LogP contribution in [0.1, 0.15) is 40.5 Å². The maximum Gasteiger partial charge on any atom is 0.163 e. The van der Waals surface area contributed by atoms with Crippen LogP contribution in [0.15, 0.2) is 0 Å². The molecule has 1 rings (SSSR count). The summed E-state index contributed by atoms with van der Waals surface area (Å²) in [5.41, 5.74) is 0. The molecule has 1 aliphatic rings. The van der Waals surface area contributed by atoms with Gasteiger partial charge in [0.15, 0.2) is 17.9 Å². The molecule has 6 nitrogen and oxygen atoms in total. The Bertz CT molecular complexity index is 282. The summed E-state index contributed by atoms with van der Waals surface area (Å²) >= 11 is 0. The monoisotopic (exact) mass is 292 g/mol. The van der Waals surface area contributed by atoms with Gasteiger partial charge in [-0.15, -0.1) is 0 Å². The minimum Gasteiger partial charge on any atom is -0.366 e. The largest absolute Gasteiger partial charge is 0.366 e. The van der Waals surface area contributed by atoms with Crippen LogP contribution in [0.2, 0.25) is 0 Å². The third kappa shape index (κ3) is 6.47. The molecule has 2 atom stereocenters. The van der Waals surface area contributed by atoms with Gasteiger partial charge in [0.2, 0.25) is 0 Å². The summed E-state index contributed by atoms with van der Waals surface area (Å²) < 4.78 is 27.4. The molecule has 1 fully saturated rings. The Morgan fingerprint density at radius 3 is 2.30 bits per heavy atom. The fraction of sp³-hybridized carbons (Fsp3) is 1.00. The van der Waals surface area contributed by atoms with Crippen LogP contribution in [-0.2, 0) is 23.7 Å². The maximum atomic E-state index is 9.85. The molecule has 0 bridgehead atoms. The molecule has 1 aliphatic heterocycles. The average Bonchev–Trinajstić information content (AvgIpc) is 2.63. The molecule has 0 aromatic carbocycles. The minimum absolute atomic E-state index is 0.0632. The van der Waals surface area contributed by atoms with Crippen LogP contribution in [-0.4, -0.2) is 56.0 Å². The molecule has 120 valence electrons. The Morgan fingerprint density at radius 2 is 1.90 bits per heavy atom. The van der Waals surface area contributed by atoms with Crippen molar-refractivity contribution in [2.75, 3.05) is 20.8 Å². The Labute approximate surface area is 121 Å². The van der Waals surface area contributed by atoms with Crippen LogP contribution < -0.4 is 0 Å². The molecule has 1 saturated heterocycles. The van der Waals surface area contributed by atoms with Crippen LogP contribution in [0.25, 0.3) is 0 Å². The highest BCUT2D eigenvalue weighted by Gasteiger charge is 2.35. The summed E-state index contributed by atoms with van der Waals surface area (Å²) in [5, 5.41) is 9.85. The van der Waals surface area contributed by atoms with Gasteiger partial charge in [0, 0.05) is 27.1 Å². The van der Waals surface area contributed by atoms with Gasteiger partial charge in [-0.1, -0.05) is 0 Å². The molecule has 0 saturated carbocycles. The topological polar surface area (TPSA) is 66.4 Å². The molecule has 1 N–H and O–H groups in total. The molecule has 0 radical (unpaired) electrons. The first-order valence-electron chi connectivity index (χ1n) is 6.93. The van der Waals surface area contributed by atoms with Gasteiger partial charge in [-0.05, 0) is 27.7 Å². The van der Waals surface area contributed by atoms with E-state index >= 15 is 0 Å². The van der Waals surface area contributed by atoms with Crippen molar-refractivity contribution in [1.82, 2.24) is 0 Å². The number of rotatable bonds is 8. The molecule has 0 spiro atoms. The third-order valence-electron chi connectivity index (χ3n) is 3.03. The lowest BCUT2D eigenvalue weighted by Crippen LogP contribution is -2.36. The van der Waals surface area contributed by atoms with Crippen LogP contribution in [0, 0.1) is 0 Å². The maximum absolute atomic E-state index is 9.85. The molecule has 0 aromatic heterocycles. The van der Waals surface area contributed by atoms with Crippen LogP contribution in [0.4, 0.5) is 0 Å². The van der Waals surface area contributed by atoms with Gasteiger partial charge in [-0.2, -0.15) is 0 Å². The van der Waals surface area contributed by atoms with Crippen molar-refractivity contribution in [3.63, 3.8) is 0 Å². The summed E-state index contributed by atoms with van der Waals surface area (Å²) in [6.07, 6.45) is 0.431. The van der Waals surface area contributed by atoms with Crippen molar-refractivity contribution in [3.05, 3.63) is 0 Å². The van der Waals surface area contributed by atoms with Crippen molar-refractivity contribution >= 4 is 0 Å². The molecule has 2 unspecified atom stereocenters. The van der Waals surface area contributed by atoms with E-state index in [9.17, 15) is 5.11 Å². The van der Waals surface area contributed by atoms with Crippen molar-refractivity contribution in [2.45, 2.75) is 70.6 Å². The van der Waals surface area contributed by atoms with E-state index in [4.69, 9.17) is 23.7 Å². The summed E-state index contributed by atoms with van der Waals surface area (Å²) in [6.45, 7) is 7.48. The van der Waals surface area contributed by atoms with E-state index in [1.54, 1.807) is 28.1 Å². The summed E-state index contributed by atoms with van der Waals surface area (Å²) in [6, 6.07) is 0. The van der Waals surface area contributed by atoms with E-state index in [1.807, 2.05) is 13.8 Å². The van der Waals surface area contributed by atoms with Gasteiger partial charge in [0.1, 0.15) is 0 Å². The third-order valence-corrected chi connectivity index (χ3v) is 3.03. The summed E-state index contributed by atoms with van der Waals surface area (Å²) in [4.78, 5) is 0. The van der Waals surface area contributed by atoms with Crippen molar-refractivity contribution in [2.24, 2.45) is 0 Å². The zero-order valence-corrected chi connectivity index (χ0v) is 13.3. The smallest absolute Gasteiger partial charge is 0.163 e. The van der Waals surface area contributed by atoms with E-state index in [1.165, 1.54) is 0 Å². The minimum atomic E-state index is -1.22. The van der Waals surface area contributed by atoms with Gasteiger partial charge in [-0.25, -0.2) is 0 Å². The fourth-order valence-corrected chi connectivity index (χ4v) is 2.28. The summed E-state index contributed by atoms with van der Waals surface area (Å²) in [5.74, 6) is -1.78. The van der Waals surface area contributed by atoms with Gasteiger partial charge >= 0.3 is 0 Å². The Balaban J connectivity index is 2.58. The first kappa shape index (κ1) is 17.8. The molecular weight excluding hydrogens is 264 g/mol. The van der Waals surface area contributed by atoms with Gasteiger partial charge in [-0.3, -0.25) is 0 Å². The number of aliphatic hydroxyl groups is 1. The zero-order chi connectivity index (χ0) is 15.4. The van der Waals surface area contributed by atoms with E-state index in [0.717, 1.165) is 0 Å². The highest BCUT2D eigenvalue weighted by molar-refractivity contribution is 4.76. The predicted octanol–water partition coefficient (Wildman–Crippen LogP) is 1.65. The Kier molecular flexibility index (Phi) is 6.37. The first-order valence-corrected chi connectivity index (χ1v) is 6.93. The van der Waals surface area contributed by atoms with Gasteiger partial charge < -0.3 is 28.8 Å².